The predicted molar refractivity (Wildman–Crippen MR) is 153 cm³/mol. The van der Waals surface area contributed by atoms with Gasteiger partial charge in [0.05, 0.1) is 21.1 Å². The Balaban J connectivity index is 1.46. The average Bonchev–Trinajstić information content (AvgIpc) is 3.19. The summed E-state index contributed by atoms with van der Waals surface area (Å²) in [6, 6.07) is 18.1. The van der Waals surface area contributed by atoms with Crippen molar-refractivity contribution in [3.05, 3.63) is 82.1 Å². The van der Waals surface area contributed by atoms with E-state index in [1.54, 1.807) is 18.2 Å². The van der Waals surface area contributed by atoms with Crippen LogP contribution in [0.1, 0.15) is 32.2 Å². The highest BCUT2D eigenvalue weighted by Gasteiger charge is 2.23. The van der Waals surface area contributed by atoms with Gasteiger partial charge in [-0.1, -0.05) is 35.3 Å². The standard InChI is InChI=1S/C27H26Cl2N4O3S/c1-16-13-18(10-12-21(16)32-25(37)30-17-9-11-19(28)20(29)14-17)35-15-24-31-22-7-5-6-8-23(22)33(24)26(34)36-27(2,3)4/h5-14H,15H2,1-4H3,(H2,30,32,37). The van der Waals surface area contributed by atoms with E-state index in [-0.39, 0.29) is 6.61 Å². The van der Waals surface area contributed by atoms with E-state index in [1.807, 2.05) is 70.2 Å². The van der Waals surface area contributed by atoms with E-state index < -0.39 is 11.7 Å². The number of imidazole rings is 1. The Morgan fingerprint density at radius 2 is 1.78 bits per heavy atom. The van der Waals surface area contributed by atoms with Crippen LogP contribution >= 0.6 is 35.4 Å². The number of fused-ring (bicyclic) bond motifs is 1. The van der Waals surface area contributed by atoms with Crippen LogP contribution in [0.5, 0.6) is 5.75 Å². The molecule has 0 fully saturated rings. The Morgan fingerprint density at radius 3 is 2.49 bits per heavy atom. The third-order valence-corrected chi connectivity index (χ3v) is 6.14. The molecule has 3 aromatic carbocycles. The van der Waals surface area contributed by atoms with Gasteiger partial charge in [-0.25, -0.2) is 14.3 Å². The van der Waals surface area contributed by atoms with Crippen LogP contribution in [0.2, 0.25) is 10.0 Å². The molecule has 0 bridgehead atoms. The van der Waals surface area contributed by atoms with Gasteiger partial charge >= 0.3 is 6.09 Å². The third kappa shape index (κ3) is 6.71. The fraction of sp³-hybridized carbons (Fsp3) is 0.222. The van der Waals surface area contributed by atoms with Gasteiger partial charge in [-0.15, -0.1) is 0 Å². The van der Waals surface area contributed by atoms with Crippen LogP contribution in [-0.2, 0) is 11.3 Å². The lowest BCUT2D eigenvalue weighted by Crippen LogP contribution is -2.28. The van der Waals surface area contributed by atoms with Gasteiger partial charge in [-0.05, 0) is 94.0 Å². The second-order valence-corrected chi connectivity index (χ2v) is 10.5. The van der Waals surface area contributed by atoms with Crippen molar-refractivity contribution in [2.75, 3.05) is 10.6 Å². The van der Waals surface area contributed by atoms with E-state index in [1.165, 1.54) is 4.57 Å². The van der Waals surface area contributed by atoms with E-state index in [2.05, 4.69) is 15.6 Å². The smallest absolute Gasteiger partial charge is 0.420 e. The van der Waals surface area contributed by atoms with Crippen molar-refractivity contribution < 1.29 is 14.3 Å². The fourth-order valence-electron chi connectivity index (χ4n) is 3.56. The van der Waals surface area contributed by atoms with Gasteiger partial charge < -0.3 is 20.1 Å². The van der Waals surface area contributed by atoms with Gasteiger partial charge in [0.1, 0.15) is 18.0 Å². The summed E-state index contributed by atoms with van der Waals surface area (Å²) in [6.45, 7) is 7.49. The number of hydrogen-bond acceptors (Lipinski definition) is 5. The van der Waals surface area contributed by atoms with Crippen molar-refractivity contribution in [1.82, 2.24) is 9.55 Å². The summed E-state index contributed by atoms with van der Waals surface area (Å²) in [7, 11) is 0. The van der Waals surface area contributed by atoms with Gasteiger partial charge in [0.15, 0.2) is 10.9 Å². The average molecular weight is 558 g/mol. The van der Waals surface area contributed by atoms with Gasteiger partial charge in [-0.2, -0.15) is 0 Å². The number of carbonyl (C=O) groups excluding carboxylic acids is 1. The van der Waals surface area contributed by atoms with Crippen molar-refractivity contribution in [1.29, 1.82) is 0 Å². The minimum Gasteiger partial charge on any atom is -0.486 e. The number of nitrogens with one attached hydrogen (secondary N) is 2. The fourth-order valence-corrected chi connectivity index (χ4v) is 4.08. The number of halogens is 2. The number of ether oxygens (including phenoxy) is 2. The maximum absolute atomic E-state index is 12.9. The molecular weight excluding hydrogens is 531 g/mol. The maximum Gasteiger partial charge on any atom is 0.420 e. The molecule has 0 spiro atoms. The molecule has 1 heterocycles. The zero-order chi connectivity index (χ0) is 26.7. The number of nitrogens with zero attached hydrogens (tertiary/aromatic N) is 2. The third-order valence-electron chi connectivity index (χ3n) is 5.20. The van der Waals surface area contributed by atoms with Gasteiger partial charge in [-0.3, -0.25) is 0 Å². The van der Waals surface area contributed by atoms with Crippen molar-refractivity contribution in [3.63, 3.8) is 0 Å². The molecule has 0 saturated heterocycles. The molecule has 37 heavy (non-hydrogen) atoms. The second-order valence-electron chi connectivity index (χ2n) is 9.31. The number of aromatic nitrogens is 2. The highest BCUT2D eigenvalue weighted by atomic mass is 35.5. The highest BCUT2D eigenvalue weighted by Crippen LogP contribution is 2.26. The van der Waals surface area contributed by atoms with Gasteiger partial charge in [0.2, 0.25) is 0 Å². The molecule has 4 rings (SSSR count). The molecule has 2 N–H and O–H groups in total. The van der Waals surface area contributed by atoms with Crippen LogP contribution in [-0.4, -0.2) is 26.4 Å². The SMILES string of the molecule is Cc1cc(OCc2nc3ccccc3n2C(=O)OC(C)(C)C)ccc1NC(=S)Nc1ccc(Cl)c(Cl)c1. The number of thiocarbonyl (C=S) groups is 1. The number of carbonyl (C=O) groups is 1. The molecule has 4 aromatic rings. The molecule has 192 valence electrons. The van der Waals surface area contributed by atoms with Crippen LogP contribution in [0.25, 0.3) is 11.0 Å². The number of rotatable bonds is 5. The predicted octanol–water partition coefficient (Wildman–Crippen LogP) is 7.82. The first kappa shape index (κ1) is 26.7. The number of para-hydroxylation sites is 2. The summed E-state index contributed by atoms with van der Waals surface area (Å²) < 4.78 is 13.1. The molecule has 0 saturated carbocycles. The molecule has 0 atom stereocenters. The minimum atomic E-state index is -0.643. The van der Waals surface area contributed by atoms with E-state index in [4.69, 9.17) is 44.9 Å². The van der Waals surface area contributed by atoms with E-state index in [9.17, 15) is 4.79 Å². The zero-order valence-electron chi connectivity index (χ0n) is 20.8. The number of anilines is 2. The first-order valence-corrected chi connectivity index (χ1v) is 12.6. The van der Waals surface area contributed by atoms with Crippen molar-refractivity contribution >= 4 is 69.0 Å². The lowest BCUT2D eigenvalue weighted by molar-refractivity contribution is 0.0533. The first-order chi connectivity index (χ1) is 17.5. The van der Waals surface area contributed by atoms with E-state index in [0.29, 0.717) is 37.8 Å². The summed E-state index contributed by atoms with van der Waals surface area (Å²) in [5.41, 5.74) is 3.15. The summed E-state index contributed by atoms with van der Waals surface area (Å²) in [6.07, 6.45) is -0.501. The first-order valence-electron chi connectivity index (χ1n) is 11.5. The lowest BCUT2D eigenvalue weighted by Gasteiger charge is -2.20. The van der Waals surface area contributed by atoms with Crippen molar-refractivity contribution in [2.24, 2.45) is 0 Å². The second kappa shape index (κ2) is 11.0. The van der Waals surface area contributed by atoms with Crippen LogP contribution in [0, 0.1) is 6.92 Å². The van der Waals surface area contributed by atoms with Crippen LogP contribution in [0.4, 0.5) is 16.2 Å². The Bertz CT molecular complexity index is 1480. The quantitative estimate of drug-likeness (QED) is 0.242. The summed E-state index contributed by atoms with van der Waals surface area (Å²) in [4.78, 5) is 17.5. The Hall–Kier alpha value is -3.33. The molecule has 0 radical (unpaired) electrons. The van der Waals surface area contributed by atoms with E-state index in [0.717, 1.165) is 16.9 Å². The Morgan fingerprint density at radius 1 is 1.03 bits per heavy atom. The number of aryl methyl sites for hydroxylation is 1. The molecule has 1 aromatic heterocycles. The minimum absolute atomic E-state index is 0.0808. The monoisotopic (exact) mass is 556 g/mol. The summed E-state index contributed by atoms with van der Waals surface area (Å²) in [5.74, 6) is 1.07. The normalized spacial score (nSPS) is 11.3. The topological polar surface area (TPSA) is 77.4 Å². The Kier molecular flexibility index (Phi) is 7.92. The number of hydrogen-bond donors (Lipinski definition) is 2. The molecule has 7 nitrogen and oxygen atoms in total. The Labute approximate surface area is 230 Å². The molecule has 0 aliphatic heterocycles. The molecular formula is C27H26Cl2N4O3S. The highest BCUT2D eigenvalue weighted by molar-refractivity contribution is 7.80. The van der Waals surface area contributed by atoms with Crippen LogP contribution in [0.15, 0.2) is 60.7 Å². The molecule has 0 unspecified atom stereocenters. The molecule has 0 amide bonds. The molecule has 0 aliphatic rings. The van der Waals surface area contributed by atoms with E-state index >= 15 is 0 Å². The van der Waals surface area contributed by atoms with Crippen LogP contribution < -0.4 is 15.4 Å². The zero-order valence-corrected chi connectivity index (χ0v) is 23.1. The summed E-state index contributed by atoms with van der Waals surface area (Å²) in [5, 5.41) is 7.56. The van der Waals surface area contributed by atoms with Crippen molar-refractivity contribution in [2.45, 2.75) is 39.9 Å². The molecule has 0 aliphatic carbocycles. The van der Waals surface area contributed by atoms with Gasteiger partial charge in [0.25, 0.3) is 0 Å². The largest absolute Gasteiger partial charge is 0.486 e. The summed E-state index contributed by atoms with van der Waals surface area (Å²) >= 11 is 17.5. The van der Waals surface area contributed by atoms with Crippen LogP contribution in [0.3, 0.4) is 0 Å². The maximum atomic E-state index is 12.9. The molecule has 10 heteroatoms. The lowest BCUT2D eigenvalue weighted by atomic mass is 10.2. The van der Waals surface area contributed by atoms with Gasteiger partial charge in [0, 0.05) is 11.4 Å². The number of benzene rings is 3. The van der Waals surface area contributed by atoms with Crippen molar-refractivity contribution in [3.8, 4) is 5.75 Å².